The molecule has 0 unspecified atom stereocenters. The van der Waals surface area contributed by atoms with Crippen LogP contribution >= 0.6 is 15.9 Å². The summed E-state index contributed by atoms with van der Waals surface area (Å²) in [5.41, 5.74) is 5.03. The molecule has 140 valence electrons. The van der Waals surface area contributed by atoms with Gasteiger partial charge in [-0.05, 0) is 35.4 Å². The van der Waals surface area contributed by atoms with E-state index in [-0.39, 0.29) is 5.91 Å². The minimum atomic E-state index is -0.339. The lowest BCUT2D eigenvalue weighted by atomic mass is 10.2. The fourth-order valence-electron chi connectivity index (χ4n) is 2.46. The van der Waals surface area contributed by atoms with Gasteiger partial charge in [-0.25, -0.2) is 5.43 Å². The number of nitrogens with one attached hydrogen (secondary N) is 1. The van der Waals surface area contributed by atoms with Gasteiger partial charge in [0.25, 0.3) is 5.91 Å². The number of ether oxygens (including phenoxy) is 1. The topological polar surface area (TPSA) is 50.7 Å². The molecule has 1 amide bonds. The smallest absolute Gasteiger partial charge is 0.275 e. The van der Waals surface area contributed by atoms with E-state index in [0.717, 1.165) is 15.6 Å². The fourth-order valence-corrected chi connectivity index (χ4v) is 2.82. The van der Waals surface area contributed by atoms with Gasteiger partial charge in [0.15, 0.2) is 0 Å². The Labute approximate surface area is 172 Å². The number of allylic oxidation sites excluding steroid dienone is 1. The van der Waals surface area contributed by atoms with Gasteiger partial charge in [-0.3, -0.25) is 4.79 Å². The molecule has 4 nitrogen and oxygen atoms in total. The molecular formula is C23H19BrN2O2. The number of amides is 1. The monoisotopic (exact) mass is 434 g/mol. The highest BCUT2D eigenvalue weighted by Gasteiger charge is 2.13. The van der Waals surface area contributed by atoms with Gasteiger partial charge in [0, 0.05) is 10.7 Å². The molecule has 0 spiro atoms. The van der Waals surface area contributed by atoms with Crippen LogP contribution in [0.15, 0.2) is 94.5 Å². The molecule has 3 aromatic carbocycles. The van der Waals surface area contributed by atoms with E-state index in [0.29, 0.717) is 17.9 Å². The summed E-state index contributed by atoms with van der Waals surface area (Å²) in [4.78, 5) is 12.5. The van der Waals surface area contributed by atoms with Gasteiger partial charge in [-0.15, -0.1) is 0 Å². The molecule has 0 aliphatic heterocycles. The highest BCUT2D eigenvalue weighted by atomic mass is 79.9. The van der Waals surface area contributed by atoms with Crippen LogP contribution in [0.3, 0.4) is 0 Å². The molecule has 0 radical (unpaired) electrons. The summed E-state index contributed by atoms with van der Waals surface area (Å²) in [7, 11) is 0. The number of carbonyl (C=O) groups excluding carboxylic acids is 1. The van der Waals surface area contributed by atoms with Crippen molar-refractivity contribution < 1.29 is 9.53 Å². The molecule has 0 saturated carbocycles. The number of rotatable bonds is 7. The van der Waals surface area contributed by atoms with Crippen molar-refractivity contribution in [3.05, 3.63) is 106 Å². The summed E-state index contributed by atoms with van der Waals surface area (Å²) in [6.45, 7) is 0.381. The Hall–Kier alpha value is -3.18. The van der Waals surface area contributed by atoms with Crippen molar-refractivity contribution in [1.29, 1.82) is 0 Å². The van der Waals surface area contributed by atoms with Gasteiger partial charge >= 0.3 is 0 Å². The van der Waals surface area contributed by atoms with Crippen LogP contribution in [0.2, 0.25) is 0 Å². The molecule has 0 bridgehead atoms. The van der Waals surface area contributed by atoms with Gasteiger partial charge in [-0.2, -0.15) is 5.10 Å². The highest BCUT2D eigenvalue weighted by Crippen LogP contribution is 2.24. The van der Waals surface area contributed by atoms with Crippen molar-refractivity contribution in [2.75, 3.05) is 0 Å². The molecular weight excluding hydrogens is 416 g/mol. The lowest BCUT2D eigenvalue weighted by Gasteiger charge is -2.11. The van der Waals surface area contributed by atoms with Crippen molar-refractivity contribution >= 4 is 34.1 Å². The third-order valence-corrected chi connectivity index (χ3v) is 4.33. The molecule has 0 aromatic heterocycles. The number of hydrogen-bond acceptors (Lipinski definition) is 3. The summed E-state index contributed by atoms with van der Waals surface area (Å²) in [6.07, 6.45) is 5.21. The number of benzene rings is 3. The van der Waals surface area contributed by atoms with Crippen molar-refractivity contribution in [3.8, 4) is 5.75 Å². The molecule has 1 N–H and O–H groups in total. The number of hydrazone groups is 1. The van der Waals surface area contributed by atoms with E-state index in [1.54, 1.807) is 18.2 Å². The maximum Gasteiger partial charge on any atom is 0.275 e. The quantitative estimate of drug-likeness (QED) is 0.396. The standard InChI is InChI=1S/C23H19BrN2O2/c24-20-13-14-22(28-17-19-10-5-2-6-11-19)21(16-20)23(27)26-25-15-7-12-18-8-3-1-4-9-18/h1-16H,17H2,(H,26,27)/b12-7+,25-15?. The summed E-state index contributed by atoms with van der Waals surface area (Å²) in [6, 6.07) is 25.0. The van der Waals surface area contributed by atoms with E-state index < -0.39 is 0 Å². The second kappa shape index (κ2) is 10.2. The first-order valence-corrected chi connectivity index (χ1v) is 9.53. The Balaban J connectivity index is 1.63. The molecule has 3 aromatic rings. The first-order chi connectivity index (χ1) is 13.7. The third-order valence-electron chi connectivity index (χ3n) is 3.84. The van der Waals surface area contributed by atoms with E-state index >= 15 is 0 Å². The summed E-state index contributed by atoms with van der Waals surface area (Å²) in [5.74, 6) is 0.160. The van der Waals surface area contributed by atoms with Gasteiger partial charge < -0.3 is 4.74 Å². The minimum Gasteiger partial charge on any atom is -0.488 e. The van der Waals surface area contributed by atoms with Gasteiger partial charge in [0.05, 0.1) is 5.56 Å². The van der Waals surface area contributed by atoms with Crippen molar-refractivity contribution in [3.63, 3.8) is 0 Å². The second-order valence-corrected chi connectivity index (χ2v) is 6.82. The third kappa shape index (κ3) is 5.93. The molecule has 0 heterocycles. The Kier molecular flexibility index (Phi) is 7.15. The molecule has 3 rings (SSSR count). The maximum absolute atomic E-state index is 12.5. The first-order valence-electron chi connectivity index (χ1n) is 8.74. The Morgan fingerprint density at radius 2 is 1.71 bits per heavy atom. The number of nitrogens with zero attached hydrogens (tertiary/aromatic N) is 1. The zero-order valence-electron chi connectivity index (χ0n) is 15.1. The van der Waals surface area contributed by atoms with Crippen molar-refractivity contribution in [1.82, 2.24) is 5.43 Å². The van der Waals surface area contributed by atoms with Crippen molar-refractivity contribution in [2.24, 2.45) is 5.10 Å². The SMILES string of the molecule is O=C(NN=C/C=C/c1ccccc1)c1cc(Br)ccc1OCc1ccccc1. The van der Waals surface area contributed by atoms with E-state index in [2.05, 4.69) is 26.5 Å². The van der Waals surface area contributed by atoms with Gasteiger partial charge in [-0.1, -0.05) is 82.7 Å². The summed E-state index contributed by atoms with van der Waals surface area (Å²) in [5, 5.41) is 3.97. The van der Waals surface area contributed by atoms with Crippen LogP contribution in [-0.2, 0) is 6.61 Å². The van der Waals surface area contributed by atoms with Crippen molar-refractivity contribution in [2.45, 2.75) is 6.61 Å². The number of halogens is 1. The molecule has 0 aliphatic rings. The van der Waals surface area contributed by atoms with Crippen LogP contribution in [0.25, 0.3) is 6.08 Å². The van der Waals surface area contributed by atoms with E-state index in [9.17, 15) is 4.79 Å². The fraction of sp³-hybridized carbons (Fsp3) is 0.0435. The number of carbonyl (C=O) groups is 1. The predicted octanol–water partition coefficient (Wildman–Crippen LogP) is 5.46. The number of hydrogen-bond donors (Lipinski definition) is 1. The van der Waals surface area contributed by atoms with Crippen LogP contribution in [-0.4, -0.2) is 12.1 Å². The molecule has 5 heteroatoms. The van der Waals surface area contributed by atoms with Crippen LogP contribution in [0.5, 0.6) is 5.75 Å². The van der Waals surface area contributed by atoms with E-state index in [1.807, 2.05) is 72.8 Å². The van der Waals surface area contributed by atoms with Gasteiger partial charge in [0.1, 0.15) is 12.4 Å². The highest BCUT2D eigenvalue weighted by molar-refractivity contribution is 9.10. The zero-order valence-corrected chi connectivity index (χ0v) is 16.7. The second-order valence-electron chi connectivity index (χ2n) is 5.90. The van der Waals surface area contributed by atoms with Crippen LogP contribution in [0.4, 0.5) is 0 Å². The summed E-state index contributed by atoms with van der Waals surface area (Å²) >= 11 is 3.39. The lowest BCUT2D eigenvalue weighted by Crippen LogP contribution is -2.18. The minimum absolute atomic E-state index is 0.339. The van der Waals surface area contributed by atoms with Gasteiger partial charge in [0.2, 0.25) is 0 Å². The molecule has 0 atom stereocenters. The Bertz CT molecular complexity index is 970. The van der Waals surface area contributed by atoms with Crippen LogP contribution in [0, 0.1) is 0 Å². The average molecular weight is 435 g/mol. The Morgan fingerprint density at radius 3 is 2.46 bits per heavy atom. The maximum atomic E-state index is 12.5. The summed E-state index contributed by atoms with van der Waals surface area (Å²) < 4.78 is 6.63. The molecule has 0 aliphatic carbocycles. The van der Waals surface area contributed by atoms with E-state index in [4.69, 9.17) is 4.74 Å². The lowest BCUT2D eigenvalue weighted by molar-refractivity contribution is 0.0950. The van der Waals surface area contributed by atoms with Crippen LogP contribution in [0.1, 0.15) is 21.5 Å². The largest absolute Gasteiger partial charge is 0.488 e. The molecule has 0 saturated heterocycles. The Morgan fingerprint density at radius 1 is 1.00 bits per heavy atom. The average Bonchev–Trinajstić information content (AvgIpc) is 2.74. The van der Waals surface area contributed by atoms with E-state index in [1.165, 1.54) is 6.21 Å². The predicted molar refractivity (Wildman–Crippen MR) is 116 cm³/mol. The first kappa shape index (κ1) is 19.6. The molecule has 28 heavy (non-hydrogen) atoms. The van der Waals surface area contributed by atoms with Crippen LogP contribution < -0.4 is 10.2 Å². The zero-order chi connectivity index (χ0) is 19.6. The molecule has 0 fully saturated rings. The normalized spacial score (nSPS) is 11.0.